The summed E-state index contributed by atoms with van der Waals surface area (Å²) in [6.07, 6.45) is 1.44. The zero-order chi connectivity index (χ0) is 22.5. The minimum absolute atomic E-state index is 0.0155. The third kappa shape index (κ3) is 5.50. The van der Waals surface area contributed by atoms with E-state index in [4.69, 9.17) is 28.0 Å². The molecule has 1 heterocycles. The van der Waals surface area contributed by atoms with E-state index in [-0.39, 0.29) is 33.6 Å². The first kappa shape index (κ1) is 22.9. The molecule has 0 amide bonds. The van der Waals surface area contributed by atoms with Crippen molar-refractivity contribution in [1.82, 2.24) is 9.47 Å². The molecule has 0 radical (unpaired) electrons. The van der Waals surface area contributed by atoms with E-state index in [2.05, 4.69) is 5.16 Å². The zero-order valence-corrected chi connectivity index (χ0v) is 18.3. The standard InChI is InChI=1S/C22H19Cl2F2N3O2/c1-28(2)10-11-31-27-21(16-8-7-15(25)12-19(16)26)14-6-9-20(30)29(13-14)22-17(23)4-3-5-18(22)24/h3-9,12-13H,10-11H2,1-2H3. The summed E-state index contributed by atoms with van der Waals surface area (Å²) in [6.45, 7) is 0.826. The maximum Gasteiger partial charge on any atom is 0.255 e. The van der Waals surface area contributed by atoms with Crippen molar-refractivity contribution < 1.29 is 13.6 Å². The van der Waals surface area contributed by atoms with Crippen LogP contribution in [-0.2, 0) is 4.84 Å². The number of hydrogen-bond donors (Lipinski definition) is 0. The van der Waals surface area contributed by atoms with E-state index >= 15 is 0 Å². The van der Waals surface area contributed by atoms with E-state index in [1.807, 2.05) is 19.0 Å². The summed E-state index contributed by atoms with van der Waals surface area (Å²) in [7, 11) is 3.74. The summed E-state index contributed by atoms with van der Waals surface area (Å²) in [5.41, 5.74) is 0.345. The molecule has 0 spiro atoms. The zero-order valence-electron chi connectivity index (χ0n) is 16.8. The molecule has 3 rings (SSSR count). The Balaban J connectivity index is 2.13. The Labute approximate surface area is 188 Å². The molecule has 0 bridgehead atoms. The van der Waals surface area contributed by atoms with Crippen LogP contribution in [0.3, 0.4) is 0 Å². The molecule has 2 aromatic carbocycles. The quantitative estimate of drug-likeness (QED) is 0.287. The SMILES string of the molecule is CN(C)CCON=C(c1ccc(=O)n(-c2c(Cl)cccc2Cl)c1)c1ccc(F)cc1F. The van der Waals surface area contributed by atoms with E-state index in [0.29, 0.717) is 12.1 Å². The number of hydrogen-bond acceptors (Lipinski definition) is 4. The van der Waals surface area contributed by atoms with Crippen LogP contribution in [0, 0.1) is 11.6 Å². The van der Waals surface area contributed by atoms with Crippen LogP contribution in [0.25, 0.3) is 5.69 Å². The fourth-order valence-corrected chi connectivity index (χ4v) is 3.37. The average Bonchev–Trinajstić information content (AvgIpc) is 2.70. The molecule has 0 aliphatic heterocycles. The Bertz CT molecular complexity index is 1160. The monoisotopic (exact) mass is 465 g/mol. The van der Waals surface area contributed by atoms with Crippen molar-refractivity contribution in [3.8, 4) is 5.69 Å². The van der Waals surface area contributed by atoms with Crippen LogP contribution in [-0.4, -0.2) is 42.4 Å². The smallest absolute Gasteiger partial charge is 0.255 e. The van der Waals surface area contributed by atoms with Crippen molar-refractivity contribution in [1.29, 1.82) is 0 Å². The molecule has 31 heavy (non-hydrogen) atoms. The van der Waals surface area contributed by atoms with Gasteiger partial charge in [-0.3, -0.25) is 9.36 Å². The van der Waals surface area contributed by atoms with Gasteiger partial charge in [-0.05, 0) is 44.4 Å². The topological polar surface area (TPSA) is 46.8 Å². The summed E-state index contributed by atoms with van der Waals surface area (Å²) in [5, 5.41) is 4.61. The second-order valence-electron chi connectivity index (χ2n) is 6.90. The maximum absolute atomic E-state index is 14.6. The lowest BCUT2D eigenvalue weighted by Crippen LogP contribution is -2.21. The summed E-state index contributed by atoms with van der Waals surface area (Å²) in [5.74, 6) is -1.54. The van der Waals surface area contributed by atoms with Gasteiger partial charge < -0.3 is 9.74 Å². The molecule has 0 unspecified atom stereocenters. The first-order valence-electron chi connectivity index (χ1n) is 9.25. The molecule has 162 valence electrons. The highest BCUT2D eigenvalue weighted by Crippen LogP contribution is 2.27. The lowest BCUT2D eigenvalue weighted by atomic mass is 10.0. The largest absolute Gasteiger partial charge is 0.394 e. The van der Waals surface area contributed by atoms with Crippen LogP contribution in [0.4, 0.5) is 8.78 Å². The average molecular weight is 466 g/mol. The number of benzene rings is 2. The molecule has 1 aromatic heterocycles. The molecule has 0 N–H and O–H groups in total. The summed E-state index contributed by atoms with van der Waals surface area (Å²) in [6, 6.07) is 10.7. The van der Waals surface area contributed by atoms with Gasteiger partial charge in [0, 0.05) is 36.0 Å². The number of pyridine rings is 1. The number of nitrogens with zero attached hydrogens (tertiary/aromatic N) is 3. The van der Waals surface area contributed by atoms with Gasteiger partial charge in [-0.25, -0.2) is 8.78 Å². The number of rotatable bonds is 7. The van der Waals surface area contributed by atoms with E-state index in [1.54, 1.807) is 18.2 Å². The van der Waals surface area contributed by atoms with Crippen LogP contribution in [0.1, 0.15) is 11.1 Å². The molecule has 0 saturated heterocycles. The van der Waals surface area contributed by atoms with E-state index in [0.717, 1.165) is 12.1 Å². The Hall–Kier alpha value is -2.74. The summed E-state index contributed by atoms with van der Waals surface area (Å²) in [4.78, 5) is 19.8. The number of halogens is 4. The van der Waals surface area contributed by atoms with Gasteiger partial charge in [0.2, 0.25) is 0 Å². The van der Waals surface area contributed by atoms with Gasteiger partial charge in [0.15, 0.2) is 0 Å². The van der Waals surface area contributed by atoms with Crippen molar-refractivity contribution in [2.45, 2.75) is 0 Å². The molecular weight excluding hydrogens is 447 g/mol. The van der Waals surface area contributed by atoms with Crippen molar-refractivity contribution in [2.75, 3.05) is 27.2 Å². The molecule has 0 fully saturated rings. The van der Waals surface area contributed by atoms with Crippen molar-refractivity contribution in [2.24, 2.45) is 5.16 Å². The Morgan fingerprint density at radius 2 is 1.81 bits per heavy atom. The highest BCUT2D eigenvalue weighted by atomic mass is 35.5. The number of likely N-dealkylation sites (N-methyl/N-ethyl adjacent to an activating group) is 1. The van der Waals surface area contributed by atoms with E-state index in [1.165, 1.54) is 29.0 Å². The van der Waals surface area contributed by atoms with Gasteiger partial charge in [-0.15, -0.1) is 0 Å². The van der Waals surface area contributed by atoms with Gasteiger partial charge in [0.05, 0.1) is 15.7 Å². The van der Waals surface area contributed by atoms with Gasteiger partial charge in [0.1, 0.15) is 24.0 Å². The minimum atomic E-state index is -0.816. The molecule has 0 aliphatic rings. The fraction of sp³-hybridized carbons (Fsp3) is 0.182. The van der Waals surface area contributed by atoms with E-state index in [9.17, 15) is 13.6 Å². The van der Waals surface area contributed by atoms with Crippen LogP contribution in [0.2, 0.25) is 10.0 Å². The second kappa shape index (κ2) is 10.0. The maximum atomic E-state index is 14.6. The number of para-hydroxylation sites is 1. The van der Waals surface area contributed by atoms with Gasteiger partial charge in [-0.2, -0.15) is 0 Å². The van der Waals surface area contributed by atoms with E-state index < -0.39 is 17.2 Å². The third-order valence-corrected chi connectivity index (χ3v) is 4.94. The van der Waals surface area contributed by atoms with Crippen LogP contribution in [0.5, 0.6) is 0 Å². The number of oxime groups is 1. The minimum Gasteiger partial charge on any atom is -0.394 e. The summed E-state index contributed by atoms with van der Waals surface area (Å²) < 4.78 is 29.3. The van der Waals surface area contributed by atoms with Crippen LogP contribution < -0.4 is 5.56 Å². The van der Waals surface area contributed by atoms with Crippen molar-refractivity contribution in [3.05, 3.63) is 97.9 Å². The lowest BCUT2D eigenvalue weighted by Gasteiger charge is -2.14. The predicted octanol–water partition coefficient (Wildman–Crippen LogP) is 4.75. The Morgan fingerprint density at radius 1 is 1.10 bits per heavy atom. The molecule has 0 aliphatic carbocycles. The van der Waals surface area contributed by atoms with Crippen LogP contribution >= 0.6 is 23.2 Å². The Kier molecular flexibility index (Phi) is 7.43. The highest BCUT2D eigenvalue weighted by molar-refractivity contribution is 6.37. The second-order valence-corrected chi connectivity index (χ2v) is 7.71. The molecule has 5 nitrogen and oxygen atoms in total. The Morgan fingerprint density at radius 3 is 2.45 bits per heavy atom. The molecule has 0 atom stereocenters. The molecule has 0 saturated carbocycles. The van der Waals surface area contributed by atoms with Gasteiger partial charge in [-0.1, -0.05) is 34.4 Å². The normalized spacial score (nSPS) is 11.8. The first-order valence-corrected chi connectivity index (χ1v) is 10.0. The summed E-state index contributed by atoms with van der Waals surface area (Å²) >= 11 is 12.5. The van der Waals surface area contributed by atoms with Crippen molar-refractivity contribution in [3.63, 3.8) is 0 Å². The predicted molar refractivity (Wildman–Crippen MR) is 119 cm³/mol. The van der Waals surface area contributed by atoms with Crippen LogP contribution in [0.15, 0.2) is 64.7 Å². The lowest BCUT2D eigenvalue weighted by molar-refractivity contribution is 0.126. The van der Waals surface area contributed by atoms with Gasteiger partial charge >= 0.3 is 0 Å². The highest BCUT2D eigenvalue weighted by Gasteiger charge is 2.17. The molecule has 3 aromatic rings. The van der Waals surface area contributed by atoms with Crippen molar-refractivity contribution >= 4 is 28.9 Å². The molecular formula is C22H19Cl2F2N3O2. The van der Waals surface area contributed by atoms with Gasteiger partial charge in [0.25, 0.3) is 5.56 Å². The number of aromatic nitrogens is 1. The third-order valence-electron chi connectivity index (χ3n) is 4.33. The first-order chi connectivity index (χ1) is 14.8. The fourth-order valence-electron chi connectivity index (χ4n) is 2.79. The molecule has 9 heteroatoms.